The van der Waals surface area contributed by atoms with Crippen molar-refractivity contribution in [3.05, 3.63) is 52.5 Å². The van der Waals surface area contributed by atoms with E-state index in [0.29, 0.717) is 33.3 Å². The zero-order chi connectivity index (χ0) is 19.6. The molecular formula is C19H18ClNO5S. The summed E-state index contributed by atoms with van der Waals surface area (Å²) in [4.78, 5) is 11.6. The molecule has 27 heavy (non-hydrogen) atoms. The van der Waals surface area contributed by atoms with Crippen LogP contribution in [0.25, 0.3) is 0 Å². The summed E-state index contributed by atoms with van der Waals surface area (Å²) < 4.78 is 17.1. The minimum absolute atomic E-state index is 0.278. The van der Waals surface area contributed by atoms with Gasteiger partial charge in [0.05, 0.1) is 20.6 Å². The number of benzene rings is 2. The number of thiocarbonyl (C=S) groups is 1. The number of carbonyl (C=O) groups is 1. The Kier molecular flexibility index (Phi) is 5.84. The maximum atomic E-state index is 11.3. The SMILES string of the molecule is COc1cccc(C2OC(CC(=O)O)C(=S)Nc3cccc(Cl)c32)c1OC. The Morgan fingerprint density at radius 2 is 2.00 bits per heavy atom. The molecule has 1 aliphatic heterocycles. The molecule has 142 valence electrons. The first-order valence-corrected chi connectivity index (χ1v) is 8.92. The Morgan fingerprint density at radius 3 is 2.67 bits per heavy atom. The summed E-state index contributed by atoms with van der Waals surface area (Å²) in [6, 6.07) is 10.7. The first-order chi connectivity index (χ1) is 13.0. The molecule has 2 unspecified atom stereocenters. The number of hydrogen-bond acceptors (Lipinski definition) is 5. The number of aliphatic carboxylic acids is 1. The molecule has 0 saturated heterocycles. The van der Waals surface area contributed by atoms with Gasteiger partial charge in [0.2, 0.25) is 0 Å². The molecule has 2 aromatic rings. The van der Waals surface area contributed by atoms with E-state index in [1.807, 2.05) is 12.1 Å². The Labute approximate surface area is 167 Å². The monoisotopic (exact) mass is 407 g/mol. The topological polar surface area (TPSA) is 77.0 Å². The van der Waals surface area contributed by atoms with Gasteiger partial charge < -0.3 is 24.6 Å². The summed E-state index contributed by atoms with van der Waals surface area (Å²) in [7, 11) is 3.07. The van der Waals surface area contributed by atoms with Gasteiger partial charge in [0, 0.05) is 21.8 Å². The van der Waals surface area contributed by atoms with E-state index in [9.17, 15) is 9.90 Å². The van der Waals surface area contributed by atoms with Crippen molar-refractivity contribution in [3.8, 4) is 11.5 Å². The van der Waals surface area contributed by atoms with Gasteiger partial charge in [0.25, 0.3) is 0 Å². The molecule has 3 rings (SSSR count). The fourth-order valence-electron chi connectivity index (χ4n) is 3.07. The van der Waals surface area contributed by atoms with Gasteiger partial charge in [-0.25, -0.2) is 0 Å². The summed E-state index contributed by atoms with van der Waals surface area (Å²) >= 11 is 11.8. The van der Waals surface area contributed by atoms with Gasteiger partial charge in [-0.15, -0.1) is 0 Å². The molecule has 0 fully saturated rings. The molecule has 0 aromatic heterocycles. The molecule has 2 aromatic carbocycles. The standard InChI is InChI=1S/C19H18ClNO5S/c1-24-13-8-3-5-10(17(13)25-2)18-16-11(20)6-4-7-12(16)21-19(27)14(26-18)9-15(22)23/h3-8,14,18H,9H2,1-2H3,(H,21,27)(H,22,23). The quantitative estimate of drug-likeness (QED) is 0.723. The van der Waals surface area contributed by atoms with Gasteiger partial charge in [-0.1, -0.05) is 42.0 Å². The van der Waals surface area contributed by atoms with E-state index in [2.05, 4.69) is 5.32 Å². The maximum absolute atomic E-state index is 11.3. The normalized spacial score (nSPS) is 18.9. The van der Waals surface area contributed by atoms with Gasteiger partial charge in [-0.05, 0) is 18.2 Å². The predicted octanol–water partition coefficient (Wildman–Crippen LogP) is 4.06. The number of carboxylic acid groups (broad SMARTS) is 1. The molecule has 1 heterocycles. The molecule has 1 aliphatic rings. The number of methoxy groups -OCH3 is 2. The largest absolute Gasteiger partial charge is 0.493 e. The summed E-state index contributed by atoms with van der Waals surface area (Å²) in [6.45, 7) is 0. The second kappa shape index (κ2) is 8.12. The molecule has 2 N–H and O–H groups in total. The molecule has 0 bridgehead atoms. The maximum Gasteiger partial charge on any atom is 0.306 e. The van der Waals surface area contributed by atoms with E-state index in [-0.39, 0.29) is 11.4 Å². The van der Waals surface area contributed by atoms with E-state index in [1.165, 1.54) is 7.11 Å². The van der Waals surface area contributed by atoms with E-state index >= 15 is 0 Å². The van der Waals surface area contributed by atoms with Crippen LogP contribution in [0.5, 0.6) is 11.5 Å². The van der Waals surface area contributed by atoms with Crippen molar-refractivity contribution in [2.24, 2.45) is 0 Å². The lowest BCUT2D eigenvalue weighted by atomic mass is 9.98. The van der Waals surface area contributed by atoms with Crippen molar-refractivity contribution in [1.82, 2.24) is 0 Å². The predicted molar refractivity (Wildman–Crippen MR) is 106 cm³/mol. The highest BCUT2D eigenvalue weighted by Gasteiger charge is 2.34. The van der Waals surface area contributed by atoms with E-state index < -0.39 is 18.2 Å². The average molecular weight is 408 g/mol. The van der Waals surface area contributed by atoms with Gasteiger partial charge in [-0.3, -0.25) is 4.79 Å². The van der Waals surface area contributed by atoms with Crippen LogP contribution in [0.4, 0.5) is 5.69 Å². The smallest absolute Gasteiger partial charge is 0.306 e. The highest BCUT2D eigenvalue weighted by molar-refractivity contribution is 7.80. The van der Waals surface area contributed by atoms with Gasteiger partial charge in [0.15, 0.2) is 11.5 Å². The van der Waals surface area contributed by atoms with Crippen LogP contribution >= 0.6 is 23.8 Å². The summed E-state index contributed by atoms with van der Waals surface area (Å²) in [5.74, 6) is -0.00269. The minimum Gasteiger partial charge on any atom is -0.493 e. The van der Waals surface area contributed by atoms with E-state index in [0.717, 1.165) is 0 Å². The van der Waals surface area contributed by atoms with Crippen LogP contribution < -0.4 is 14.8 Å². The number of fused-ring (bicyclic) bond motifs is 1. The summed E-state index contributed by atoms with van der Waals surface area (Å²) in [5.41, 5.74) is 1.98. The molecule has 2 atom stereocenters. The Bertz CT molecular complexity index is 888. The van der Waals surface area contributed by atoms with Crippen LogP contribution in [0.2, 0.25) is 5.02 Å². The van der Waals surface area contributed by atoms with Gasteiger partial charge >= 0.3 is 5.97 Å². The highest BCUT2D eigenvalue weighted by Crippen LogP contribution is 2.45. The first-order valence-electron chi connectivity index (χ1n) is 8.13. The average Bonchev–Trinajstić information content (AvgIpc) is 2.78. The van der Waals surface area contributed by atoms with Gasteiger partial charge in [0.1, 0.15) is 17.2 Å². The Hall–Kier alpha value is -2.35. The number of hydrogen-bond donors (Lipinski definition) is 2. The number of nitrogens with one attached hydrogen (secondary N) is 1. The van der Waals surface area contributed by atoms with Crippen molar-refractivity contribution in [2.75, 3.05) is 19.5 Å². The number of rotatable bonds is 5. The molecule has 0 aliphatic carbocycles. The second-order valence-electron chi connectivity index (χ2n) is 5.88. The number of ether oxygens (including phenoxy) is 3. The third-order valence-corrected chi connectivity index (χ3v) is 4.94. The van der Waals surface area contributed by atoms with Crippen molar-refractivity contribution in [3.63, 3.8) is 0 Å². The van der Waals surface area contributed by atoms with E-state index in [4.69, 9.17) is 38.0 Å². The zero-order valence-electron chi connectivity index (χ0n) is 14.7. The lowest BCUT2D eigenvalue weighted by molar-refractivity contribution is -0.139. The van der Waals surface area contributed by atoms with Crippen LogP contribution in [-0.2, 0) is 9.53 Å². The van der Waals surface area contributed by atoms with Gasteiger partial charge in [-0.2, -0.15) is 0 Å². The lowest BCUT2D eigenvalue weighted by Gasteiger charge is -2.24. The molecule has 0 radical (unpaired) electrons. The van der Waals surface area contributed by atoms with Crippen LogP contribution in [-0.4, -0.2) is 36.4 Å². The molecule has 0 amide bonds. The molecule has 0 saturated carbocycles. The van der Waals surface area contributed by atoms with Crippen molar-refractivity contribution in [1.29, 1.82) is 0 Å². The number of carboxylic acids is 1. The van der Waals surface area contributed by atoms with Crippen LogP contribution in [0.1, 0.15) is 23.7 Å². The molecule has 8 heteroatoms. The van der Waals surface area contributed by atoms with Crippen LogP contribution in [0.3, 0.4) is 0 Å². The molecule has 0 spiro atoms. The molecular weight excluding hydrogens is 390 g/mol. The Morgan fingerprint density at radius 1 is 1.26 bits per heavy atom. The third kappa shape index (κ3) is 3.85. The number of para-hydroxylation sites is 1. The Balaban J connectivity index is 2.20. The lowest BCUT2D eigenvalue weighted by Crippen LogP contribution is -2.30. The molecule has 6 nitrogen and oxygen atoms in total. The van der Waals surface area contributed by atoms with Crippen LogP contribution in [0, 0.1) is 0 Å². The van der Waals surface area contributed by atoms with Crippen molar-refractivity contribution < 1.29 is 24.1 Å². The van der Waals surface area contributed by atoms with Crippen molar-refractivity contribution in [2.45, 2.75) is 18.6 Å². The fraction of sp³-hybridized carbons (Fsp3) is 0.263. The highest BCUT2D eigenvalue weighted by atomic mass is 35.5. The number of anilines is 1. The third-order valence-electron chi connectivity index (χ3n) is 4.24. The first kappa shape index (κ1) is 19.4. The minimum atomic E-state index is -1.02. The summed E-state index contributed by atoms with van der Waals surface area (Å²) in [5, 5.41) is 12.8. The summed E-state index contributed by atoms with van der Waals surface area (Å²) in [6.07, 6.45) is -1.81. The van der Waals surface area contributed by atoms with Crippen LogP contribution in [0.15, 0.2) is 36.4 Å². The second-order valence-corrected chi connectivity index (χ2v) is 6.72. The zero-order valence-corrected chi connectivity index (χ0v) is 16.3. The van der Waals surface area contributed by atoms with E-state index in [1.54, 1.807) is 31.4 Å². The van der Waals surface area contributed by atoms with Crippen molar-refractivity contribution >= 4 is 40.5 Å². The fourth-order valence-corrected chi connectivity index (χ4v) is 3.59. The number of halogens is 1.